The first-order valence-corrected chi connectivity index (χ1v) is 9.22. The van der Waals surface area contributed by atoms with Crippen LogP contribution in [0.3, 0.4) is 0 Å². The molecule has 1 saturated heterocycles. The average Bonchev–Trinajstić information content (AvgIpc) is 3.08. The largest absolute Gasteiger partial charge is 0.482 e. The van der Waals surface area contributed by atoms with Crippen molar-refractivity contribution < 1.29 is 23.9 Å². The van der Waals surface area contributed by atoms with Crippen molar-refractivity contribution in [1.82, 2.24) is 4.90 Å². The third kappa shape index (κ3) is 5.70. The van der Waals surface area contributed by atoms with Gasteiger partial charge in [-0.05, 0) is 31.9 Å². The van der Waals surface area contributed by atoms with Crippen molar-refractivity contribution in [2.75, 3.05) is 25.1 Å². The summed E-state index contributed by atoms with van der Waals surface area (Å²) in [5, 5.41) is 2.84. The monoisotopic (exact) mass is 376 g/mol. The SMILES string of the molecule is CCOC(=O)COc1cccc(NC(=O)[C@@H]2CCCN2C(=O)C(C)(C)C)c1. The highest BCUT2D eigenvalue weighted by Gasteiger charge is 2.38. The van der Waals surface area contributed by atoms with Crippen molar-refractivity contribution in [1.29, 1.82) is 0 Å². The van der Waals surface area contributed by atoms with Crippen molar-refractivity contribution >= 4 is 23.5 Å². The van der Waals surface area contributed by atoms with Gasteiger partial charge < -0.3 is 19.7 Å². The number of anilines is 1. The second kappa shape index (κ2) is 8.88. The Morgan fingerprint density at radius 1 is 1.26 bits per heavy atom. The van der Waals surface area contributed by atoms with E-state index in [1.807, 2.05) is 20.8 Å². The first-order valence-electron chi connectivity index (χ1n) is 9.22. The number of rotatable bonds is 6. The van der Waals surface area contributed by atoms with Crippen LogP contribution in [-0.2, 0) is 19.1 Å². The van der Waals surface area contributed by atoms with Crippen molar-refractivity contribution in [2.45, 2.75) is 46.6 Å². The summed E-state index contributed by atoms with van der Waals surface area (Å²) >= 11 is 0. The molecule has 0 saturated carbocycles. The second-order valence-electron chi connectivity index (χ2n) is 7.52. The van der Waals surface area contributed by atoms with Crippen LogP contribution in [0.1, 0.15) is 40.5 Å². The zero-order chi connectivity index (χ0) is 20.0. The number of carbonyl (C=O) groups excluding carboxylic acids is 3. The maximum Gasteiger partial charge on any atom is 0.344 e. The van der Waals surface area contributed by atoms with Crippen LogP contribution in [0.2, 0.25) is 0 Å². The summed E-state index contributed by atoms with van der Waals surface area (Å²) in [6.07, 6.45) is 1.45. The van der Waals surface area contributed by atoms with E-state index in [4.69, 9.17) is 9.47 Å². The Kier molecular flexibility index (Phi) is 6.82. The van der Waals surface area contributed by atoms with Gasteiger partial charge in [0, 0.05) is 23.7 Å². The number of benzene rings is 1. The Bertz CT molecular complexity index is 696. The minimum atomic E-state index is -0.524. The van der Waals surface area contributed by atoms with Crippen LogP contribution in [0.25, 0.3) is 0 Å². The van der Waals surface area contributed by atoms with Gasteiger partial charge in [-0.15, -0.1) is 0 Å². The van der Waals surface area contributed by atoms with Crippen LogP contribution in [0, 0.1) is 5.41 Å². The highest BCUT2D eigenvalue weighted by Crippen LogP contribution is 2.26. The smallest absolute Gasteiger partial charge is 0.344 e. The molecule has 1 aromatic rings. The fraction of sp³-hybridized carbons (Fsp3) is 0.550. The number of hydrogen-bond acceptors (Lipinski definition) is 5. The number of likely N-dealkylation sites (tertiary alicyclic amines) is 1. The van der Waals surface area contributed by atoms with Crippen LogP contribution >= 0.6 is 0 Å². The molecule has 0 spiro atoms. The molecule has 2 rings (SSSR count). The predicted octanol–water partition coefficient (Wildman–Crippen LogP) is 2.60. The number of nitrogens with one attached hydrogen (secondary N) is 1. The molecule has 1 aliphatic heterocycles. The van der Waals surface area contributed by atoms with Crippen molar-refractivity contribution in [3.8, 4) is 5.75 Å². The Labute approximate surface area is 160 Å². The molecule has 27 heavy (non-hydrogen) atoms. The lowest BCUT2D eigenvalue weighted by atomic mass is 9.94. The maximum absolute atomic E-state index is 12.7. The fourth-order valence-electron chi connectivity index (χ4n) is 2.95. The van der Waals surface area contributed by atoms with E-state index in [1.165, 1.54) is 0 Å². The molecule has 1 fully saturated rings. The van der Waals surface area contributed by atoms with Crippen molar-refractivity contribution in [3.63, 3.8) is 0 Å². The quantitative estimate of drug-likeness (QED) is 0.772. The van der Waals surface area contributed by atoms with E-state index < -0.39 is 17.4 Å². The van der Waals surface area contributed by atoms with E-state index in [0.717, 1.165) is 6.42 Å². The van der Waals surface area contributed by atoms with Gasteiger partial charge >= 0.3 is 5.97 Å². The summed E-state index contributed by atoms with van der Waals surface area (Å²) in [6, 6.07) is 6.32. The normalized spacial score (nSPS) is 16.7. The van der Waals surface area contributed by atoms with Gasteiger partial charge in [-0.3, -0.25) is 9.59 Å². The first-order chi connectivity index (χ1) is 12.7. The number of esters is 1. The van der Waals surface area contributed by atoms with Crippen LogP contribution in [0.4, 0.5) is 5.69 Å². The molecule has 1 N–H and O–H groups in total. The summed E-state index contributed by atoms with van der Waals surface area (Å²) in [4.78, 5) is 38.3. The maximum atomic E-state index is 12.7. The molecule has 0 aliphatic carbocycles. The molecular formula is C20H28N2O5. The number of carbonyl (C=O) groups is 3. The highest BCUT2D eigenvalue weighted by atomic mass is 16.6. The van der Waals surface area contributed by atoms with E-state index in [-0.39, 0.29) is 18.4 Å². The van der Waals surface area contributed by atoms with E-state index in [2.05, 4.69) is 5.32 Å². The summed E-state index contributed by atoms with van der Waals surface area (Å²) < 4.78 is 10.2. The van der Waals surface area contributed by atoms with Gasteiger partial charge in [0.2, 0.25) is 11.8 Å². The van der Waals surface area contributed by atoms with Crippen LogP contribution in [0.15, 0.2) is 24.3 Å². The standard InChI is InChI=1S/C20H28N2O5/c1-5-26-17(23)13-27-15-9-6-8-14(12-15)21-18(24)16-10-7-11-22(16)19(25)20(2,3)4/h6,8-9,12,16H,5,7,10-11,13H2,1-4H3,(H,21,24)/t16-/m0/s1. The van der Waals surface area contributed by atoms with Gasteiger partial charge in [0.15, 0.2) is 6.61 Å². The highest BCUT2D eigenvalue weighted by molar-refractivity contribution is 5.98. The van der Waals surface area contributed by atoms with Crippen LogP contribution < -0.4 is 10.1 Å². The Balaban J connectivity index is 2.00. The number of hydrogen-bond donors (Lipinski definition) is 1. The van der Waals surface area contributed by atoms with E-state index in [9.17, 15) is 14.4 Å². The zero-order valence-corrected chi connectivity index (χ0v) is 16.4. The van der Waals surface area contributed by atoms with Gasteiger partial charge in [0.05, 0.1) is 6.61 Å². The zero-order valence-electron chi connectivity index (χ0n) is 16.4. The lowest BCUT2D eigenvalue weighted by Gasteiger charge is -2.30. The minimum Gasteiger partial charge on any atom is -0.482 e. The summed E-state index contributed by atoms with van der Waals surface area (Å²) in [7, 11) is 0. The number of ether oxygens (including phenoxy) is 2. The Morgan fingerprint density at radius 3 is 2.67 bits per heavy atom. The van der Waals surface area contributed by atoms with Crippen molar-refractivity contribution in [3.05, 3.63) is 24.3 Å². The lowest BCUT2D eigenvalue weighted by molar-refractivity contribution is -0.145. The molecule has 7 heteroatoms. The summed E-state index contributed by atoms with van der Waals surface area (Å²) in [5.74, 6) is -0.233. The molecule has 2 amide bonds. The molecule has 1 aliphatic rings. The first kappa shape index (κ1) is 20.7. The minimum absolute atomic E-state index is 0.0216. The van der Waals surface area contributed by atoms with Gasteiger partial charge in [-0.1, -0.05) is 26.8 Å². The summed E-state index contributed by atoms with van der Waals surface area (Å²) in [5.41, 5.74) is 0.0282. The van der Waals surface area contributed by atoms with Gasteiger partial charge in [0.1, 0.15) is 11.8 Å². The van der Waals surface area contributed by atoms with Crippen molar-refractivity contribution in [2.24, 2.45) is 5.41 Å². The molecule has 0 aromatic heterocycles. The Morgan fingerprint density at radius 2 is 2.00 bits per heavy atom. The summed E-state index contributed by atoms with van der Waals surface area (Å²) in [6.45, 7) is 7.99. The van der Waals surface area contributed by atoms with Gasteiger partial charge in [-0.25, -0.2) is 4.79 Å². The number of nitrogens with zero attached hydrogens (tertiary/aromatic N) is 1. The molecule has 1 aromatic carbocycles. The molecule has 0 unspecified atom stereocenters. The van der Waals surface area contributed by atoms with E-state index in [0.29, 0.717) is 31.0 Å². The van der Waals surface area contributed by atoms with Gasteiger partial charge in [-0.2, -0.15) is 0 Å². The number of amides is 2. The molecule has 0 bridgehead atoms. The average molecular weight is 376 g/mol. The molecule has 1 atom stereocenters. The molecule has 148 valence electrons. The van der Waals surface area contributed by atoms with Crippen LogP contribution in [0.5, 0.6) is 5.75 Å². The van der Waals surface area contributed by atoms with Crippen LogP contribution in [-0.4, -0.2) is 48.5 Å². The third-order valence-corrected chi connectivity index (χ3v) is 4.22. The molecule has 7 nitrogen and oxygen atoms in total. The van der Waals surface area contributed by atoms with E-state index in [1.54, 1.807) is 36.1 Å². The van der Waals surface area contributed by atoms with Gasteiger partial charge in [0.25, 0.3) is 0 Å². The molecule has 1 heterocycles. The fourth-order valence-corrected chi connectivity index (χ4v) is 2.95. The van der Waals surface area contributed by atoms with E-state index >= 15 is 0 Å². The Hall–Kier alpha value is -2.57. The third-order valence-electron chi connectivity index (χ3n) is 4.22. The second-order valence-corrected chi connectivity index (χ2v) is 7.52. The lowest BCUT2D eigenvalue weighted by Crippen LogP contribution is -2.47. The molecule has 0 radical (unpaired) electrons. The molecular weight excluding hydrogens is 348 g/mol. The topological polar surface area (TPSA) is 84.9 Å². The predicted molar refractivity (Wildman–Crippen MR) is 101 cm³/mol.